The van der Waals surface area contributed by atoms with Crippen molar-refractivity contribution in [3.8, 4) is 0 Å². The van der Waals surface area contributed by atoms with Crippen molar-refractivity contribution in [3.05, 3.63) is 71.7 Å². The minimum absolute atomic E-state index is 0.0338. The van der Waals surface area contributed by atoms with E-state index in [4.69, 9.17) is 4.42 Å². The SMILES string of the molecule is O=C(NC(c1cccc(C(F)(F)F)c1)c1ncn[nH]1)c1ccco1. The maximum Gasteiger partial charge on any atom is 0.416 e. The lowest BCUT2D eigenvalue weighted by Crippen LogP contribution is -2.30. The van der Waals surface area contributed by atoms with Gasteiger partial charge in [-0.05, 0) is 29.8 Å². The number of alkyl halides is 3. The van der Waals surface area contributed by atoms with Gasteiger partial charge in [0.1, 0.15) is 12.4 Å². The molecule has 3 aromatic rings. The van der Waals surface area contributed by atoms with Crippen LogP contribution in [0.1, 0.15) is 33.5 Å². The number of nitrogens with zero attached hydrogens (tertiary/aromatic N) is 2. The highest BCUT2D eigenvalue weighted by atomic mass is 19.4. The van der Waals surface area contributed by atoms with Gasteiger partial charge in [-0.2, -0.15) is 18.3 Å². The highest BCUT2D eigenvalue weighted by Crippen LogP contribution is 2.31. The number of nitrogens with one attached hydrogen (secondary N) is 2. The van der Waals surface area contributed by atoms with Gasteiger partial charge in [0.25, 0.3) is 5.91 Å². The Morgan fingerprint density at radius 3 is 2.71 bits per heavy atom. The lowest BCUT2D eigenvalue weighted by molar-refractivity contribution is -0.137. The van der Waals surface area contributed by atoms with Crippen molar-refractivity contribution in [2.75, 3.05) is 0 Å². The van der Waals surface area contributed by atoms with Crippen LogP contribution in [-0.2, 0) is 6.18 Å². The monoisotopic (exact) mass is 336 g/mol. The molecule has 2 aromatic heterocycles. The van der Waals surface area contributed by atoms with Gasteiger partial charge < -0.3 is 9.73 Å². The number of H-pyrrole nitrogens is 1. The van der Waals surface area contributed by atoms with Gasteiger partial charge >= 0.3 is 6.18 Å². The van der Waals surface area contributed by atoms with Crippen LogP contribution in [0.3, 0.4) is 0 Å². The van der Waals surface area contributed by atoms with Gasteiger partial charge in [0.15, 0.2) is 11.6 Å². The molecule has 0 saturated carbocycles. The molecule has 1 unspecified atom stereocenters. The van der Waals surface area contributed by atoms with Gasteiger partial charge in [0.05, 0.1) is 11.8 Å². The fourth-order valence-corrected chi connectivity index (χ4v) is 2.17. The maximum absolute atomic E-state index is 12.9. The predicted molar refractivity (Wildman–Crippen MR) is 75.8 cm³/mol. The maximum atomic E-state index is 12.9. The molecular formula is C15H11F3N4O2. The summed E-state index contributed by atoms with van der Waals surface area (Å²) in [4.78, 5) is 16.1. The van der Waals surface area contributed by atoms with Crippen molar-refractivity contribution in [1.29, 1.82) is 0 Å². The van der Waals surface area contributed by atoms with E-state index in [-0.39, 0.29) is 17.1 Å². The van der Waals surface area contributed by atoms with Crippen LogP contribution in [-0.4, -0.2) is 21.1 Å². The molecule has 0 radical (unpaired) electrons. The summed E-state index contributed by atoms with van der Waals surface area (Å²) >= 11 is 0. The molecule has 0 aliphatic rings. The van der Waals surface area contributed by atoms with Crippen molar-refractivity contribution in [2.45, 2.75) is 12.2 Å². The second-order valence-electron chi connectivity index (χ2n) is 4.88. The zero-order valence-electron chi connectivity index (χ0n) is 12.0. The molecule has 3 rings (SSSR count). The Morgan fingerprint density at radius 1 is 1.25 bits per heavy atom. The standard InChI is InChI=1S/C15H11F3N4O2/c16-15(17,18)10-4-1-3-9(7-10)12(13-19-8-20-22-13)21-14(23)11-5-2-6-24-11/h1-8,12H,(H,21,23)(H,19,20,22). The largest absolute Gasteiger partial charge is 0.459 e. The average molecular weight is 336 g/mol. The summed E-state index contributed by atoms with van der Waals surface area (Å²) in [5.74, 6) is -0.348. The van der Waals surface area contributed by atoms with Crippen LogP contribution < -0.4 is 5.32 Å². The summed E-state index contributed by atoms with van der Waals surface area (Å²) in [5, 5.41) is 8.82. The van der Waals surface area contributed by atoms with E-state index in [1.165, 1.54) is 36.9 Å². The van der Waals surface area contributed by atoms with Gasteiger partial charge in [-0.1, -0.05) is 12.1 Å². The third kappa shape index (κ3) is 3.29. The lowest BCUT2D eigenvalue weighted by Gasteiger charge is -2.17. The quantitative estimate of drug-likeness (QED) is 0.767. The number of rotatable bonds is 4. The van der Waals surface area contributed by atoms with Crippen LogP contribution in [0.4, 0.5) is 13.2 Å². The summed E-state index contributed by atoms with van der Waals surface area (Å²) in [5.41, 5.74) is -0.613. The van der Waals surface area contributed by atoms with Crippen LogP contribution in [0.25, 0.3) is 0 Å². The van der Waals surface area contributed by atoms with E-state index >= 15 is 0 Å². The number of carbonyl (C=O) groups is 1. The Hall–Kier alpha value is -3.10. The number of aromatic amines is 1. The number of halogens is 3. The van der Waals surface area contributed by atoms with E-state index in [9.17, 15) is 18.0 Å². The Labute approximate surface area is 133 Å². The zero-order chi connectivity index (χ0) is 17.2. The molecule has 1 aromatic carbocycles. The van der Waals surface area contributed by atoms with Gasteiger partial charge in [-0.15, -0.1) is 0 Å². The van der Waals surface area contributed by atoms with Gasteiger partial charge in [-0.3, -0.25) is 9.89 Å². The normalized spacial score (nSPS) is 12.8. The number of furan rings is 1. The van der Waals surface area contributed by atoms with Crippen LogP contribution in [0.15, 0.2) is 53.4 Å². The third-order valence-electron chi connectivity index (χ3n) is 3.27. The summed E-state index contributed by atoms with van der Waals surface area (Å²) in [7, 11) is 0. The van der Waals surface area contributed by atoms with Gasteiger partial charge in [0.2, 0.25) is 0 Å². The molecule has 2 N–H and O–H groups in total. The first-order valence-corrected chi connectivity index (χ1v) is 6.82. The summed E-state index contributed by atoms with van der Waals surface area (Å²) in [6, 6.07) is 6.67. The third-order valence-corrected chi connectivity index (χ3v) is 3.27. The van der Waals surface area contributed by atoms with Crippen LogP contribution in [0.2, 0.25) is 0 Å². The molecule has 2 heterocycles. The summed E-state index contributed by atoms with van der Waals surface area (Å²) in [6.45, 7) is 0. The average Bonchev–Trinajstić information content (AvgIpc) is 3.25. The zero-order valence-corrected chi connectivity index (χ0v) is 12.0. The Balaban J connectivity index is 1.96. The molecule has 124 valence electrons. The second-order valence-corrected chi connectivity index (χ2v) is 4.88. The number of hydrogen-bond acceptors (Lipinski definition) is 4. The van der Waals surface area contributed by atoms with E-state index in [1.807, 2.05) is 0 Å². The summed E-state index contributed by atoms with van der Waals surface area (Å²) in [6.07, 6.45) is -1.97. The molecule has 24 heavy (non-hydrogen) atoms. The van der Waals surface area contributed by atoms with Crippen molar-refractivity contribution in [1.82, 2.24) is 20.5 Å². The van der Waals surface area contributed by atoms with Gasteiger partial charge in [0, 0.05) is 0 Å². The molecule has 0 bridgehead atoms. The van der Waals surface area contributed by atoms with E-state index in [0.717, 1.165) is 12.1 Å². The first kappa shape index (κ1) is 15.8. The van der Waals surface area contributed by atoms with Crippen molar-refractivity contribution >= 4 is 5.91 Å². The Bertz CT molecular complexity index is 814. The Morgan fingerprint density at radius 2 is 2.08 bits per heavy atom. The Kier molecular flexibility index (Phi) is 4.07. The van der Waals surface area contributed by atoms with Crippen molar-refractivity contribution in [3.63, 3.8) is 0 Å². The topological polar surface area (TPSA) is 83.8 Å². The molecule has 0 aliphatic heterocycles. The molecule has 1 amide bonds. The fraction of sp³-hybridized carbons (Fsp3) is 0.133. The van der Waals surface area contributed by atoms with Crippen LogP contribution in [0, 0.1) is 0 Å². The van der Waals surface area contributed by atoms with E-state index in [0.29, 0.717) is 0 Å². The van der Waals surface area contributed by atoms with Crippen molar-refractivity contribution in [2.24, 2.45) is 0 Å². The van der Waals surface area contributed by atoms with Crippen molar-refractivity contribution < 1.29 is 22.4 Å². The van der Waals surface area contributed by atoms with E-state index < -0.39 is 23.7 Å². The smallest absolute Gasteiger partial charge is 0.416 e. The van der Waals surface area contributed by atoms with Gasteiger partial charge in [-0.25, -0.2) is 4.98 Å². The predicted octanol–water partition coefficient (Wildman–Crippen LogP) is 2.94. The van der Waals surface area contributed by atoms with Crippen LogP contribution >= 0.6 is 0 Å². The molecule has 9 heteroatoms. The highest BCUT2D eigenvalue weighted by molar-refractivity contribution is 5.91. The lowest BCUT2D eigenvalue weighted by atomic mass is 10.0. The first-order chi connectivity index (χ1) is 11.4. The summed E-state index contributed by atoms with van der Waals surface area (Å²) < 4.78 is 43.8. The molecule has 0 aliphatic carbocycles. The molecular weight excluding hydrogens is 325 g/mol. The number of benzene rings is 1. The molecule has 0 fully saturated rings. The van der Waals surface area contributed by atoms with E-state index in [1.54, 1.807) is 0 Å². The molecule has 0 spiro atoms. The molecule has 6 nitrogen and oxygen atoms in total. The molecule has 1 atom stereocenters. The first-order valence-electron chi connectivity index (χ1n) is 6.82. The van der Waals surface area contributed by atoms with Crippen LogP contribution in [0.5, 0.6) is 0 Å². The minimum atomic E-state index is -4.49. The number of aromatic nitrogens is 3. The minimum Gasteiger partial charge on any atom is -0.459 e. The fourth-order valence-electron chi connectivity index (χ4n) is 2.17. The molecule has 0 saturated heterocycles. The highest BCUT2D eigenvalue weighted by Gasteiger charge is 2.32. The number of carbonyl (C=O) groups excluding carboxylic acids is 1. The second kappa shape index (κ2) is 6.19. The van der Waals surface area contributed by atoms with E-state index in [2.05, 4.69) is 20.5 Å². The number of hydrogen-bond donors (Lipinski definition) is 2. The number of amides is 1.